The third kappa shape index (κ3) is 4.76. The van der Waals surface area contributed by atoms with Crippen molar-refractivity contribution < 1.29 is 4.79 Å². The van der Waals surface area contributed by atoms with Crippen molar-refractivity contribution in [3.05, 3.63) is 0 Å². The van der Waals surface area contributed by atoms with E-state index in [1.165, 1.54) is 12.8 Å². The maximum Gasteiger partial charge on any atom is 0.131 e. The summed E-state index contributed by atoms with van der Waals surface area (Å²) in [6.07, 6.45) is 7.11. The molecule has 1 aliphatic rings. The van der Waals surface area contributed by atoms with Gasteiger partial charge < -0.3 is 0 Å². The average molecular weight is 222 g/mol. The van der Waals surface area contributed by atoms with Gasteiger partial charge in [0.25, 0.3) is 0 Å². The summed E-state index contributed by atoms with van der Waals surface area (Å²) in [6, 6.07) is 2.64. The highest BCUT2D eigenvalue weighted by Gasteiger charge is 2.22. The third-order valence-electron chi connectivity index (χ3n) is 3.26. The minimum Gasteiger partial charge on any atom is -0.300 e. The number of hydrogen-bond donors (Lipinski definition) is 0. The Labute approximate surface area is 98.4 Å². The summed E-state index contributed by atoms with van der Waals surface area (Å²) < 4.78 is 0. The van der Waals surface area contributed by atoms with Crippen molar-refractivity contribution in [2.24, 2.45) is 0 Å². The third-order valence-corrected chi connectivity index (χ3v) is 3.26. The summed E-state index contributed by atoms with van der Waals surface area (Å²) in [5, 5.41) is 8.47. The van der Waals surface area contributed by atoms with Gasteiger partial charge in [-0.25, -0.2) is 0 Å². The van der Waals surface area contributed by atoms with Crippen molar-refractivity contribution in [3.8, 4) is 6.07 Å². The van der Waals surface area contributed by atoms with Crippen LogP contribution in [0, 0.1) is 11.3 Å². The molecule has 0 bridgehead atoms. The van der Waals surface area contributed by atoms with Gasteiger partial charge in [-0.15, -0.1) is 0 Å². The molecule has 1 unspecified atom stereocenters. The standard InChI is InChI=1S/C13H22N2O/c1-12(16)11-13-7-3-6-10-15(13)9-5-2-4-8-14/h13H,2-7,9-11H2,1H3. The van der Waals surface area contributed by atoms with Crippen LogP contribution in [-0.2, 0) is 4.79 Å². The summed E-state index contributed by atoms with van der Waals surface area (Å²) >= 11 is 0. The fraction of sp³-hybridized carbons (Fsp3) is 0.846. The Balaban J connectivity index is 2.29. The Hall–Kier alpha value is -0.880. The number of likely N-dealkylation sites (tertiary alicyclic amines) is 1. The Kier molecular flexibility index (Phi) is 6.10. The fourth-order valence-electron chi connectivity index (χ4n) is 2.44. The predicted octanol–water partition coefficient (Wildman–Crippen LogP) is 2.51. The van der Waals surface area contributed by atoms with Crippen molar-refractivity contribution >= 4 is 5.78 Å². The van der Waals surface area contributed by atoms with Crippen molar-refractivity contribution in [2.45, 2.75) is 57.9 Å². The molecule has 0 aliphatic carbocycles. The lowest BCUT2D eigenvalue weighted by Crippen LogP contribution is -2.41. The average Bonchev–Trinajstić information content (AvgIpc) is 2.26. The Morgan fingerprint density at radius 3 is 2.94 bits per heavy atom. The zero-order valence-corrected chi connectivity index (χ0v) is 10.2. The number of rotatable bonds is 6. The molecule has 1 aliphatic heterocycles. The van der Waals surface area contributed by atoms with E-state index in [-0.39, 0.29) is 0 Å². The number of ketones is 1. The first-order chi connectivity index (χ1) is 7.74. The van der Waals surface area contributed by atoms with Gasteiger partial charge in [0.1, 0.15) is 5.78 Å². The molecule has 16 heavy (non-hydrogen) atoms. The molecule has 0 aromatic rings. The lowest BCUT2D eigenvalue weighted by atomic mass is 9.97. The van der Waals surface area contributed by atoms with Gasteiger partial charge in [-0.2, -0.15) is 5.26 Å². The summed E-state index contributed by atoms with van der Waals surface area (Å²) in [6.45, 7) is 3.87. The minimum atomic E-state index is 0.300. The normalized spacial score (nSPS) is 21.6. The Morgan fingerprint density at radius 2 is 2.25 bits per heavy atom. The molecule has 0 radical (unpaired) electrons. The zero-order valence-electron chi connectivity index (χ0n) is 10.2. The quantitative estimate of drug-likeness (QED) is 0.649. The smallest absolute Gasteiger partial charge is 0.131 e. The Bertz CT molecular complexity index is 257. The minimum absolute atomic E-state index is 0.300. The van der Waals surface area contributed by atoms with E-state index in [2.05, 4.69) is 11.0 Å². The van der Waals surface area contributed by atoms with Crippen LogP contribution in [-0.4, -0.2) is 29.8 Å². The molecule has 0 aromatic carbocycles. The molecule has 0 N–H and O–H groups in total. The molecule has 1 saturated heterocycles. The van der Waals surface area contributed by atoms with E-state index >= 15 is 0 Å². The fourth-order valence-corrected chi connectivity index (χ4v) is 2.44. The van der Waals surface area contributed by atoms with E-state index in [0.717, 1.165) is 32.4 Å². The topological polar surface area (TPSA) is 44.1 Å². The molecule has 1 fully saturated rings. The van der Waals surface area contributed by atoms with Gasteiger partial charge in [0.2, 0.25) is 0 Å². The second-order valence-electron chi connectivity index (χ2n) is 4.71. The molecule has 1 heterocycles. The highest BCUT2D eigenvalue weighted by molar-refractivity contribution is 5.76. The Morgan fingerprint density at radius 1 is 1.44 bits per heavy atom. The van der Waals surface area contributed by atoms with Crippen LogP contribution < -0.4 is 0 Å². The molecule has 3 nitrogen and oxygen atoms in total. The molecular weight excluding hydrogens is 200 g/mol. The van der Waals surface area contributed by atoms with Gasteiger partial charge in [-0.1, -0.05) is 6.42 Å². The molecule has 0 aromatic heterocycles. The molecule has 0 amide bonds. The zero-order chi connectivity index (χ0) is 11.8. The van der Waals surface area contributed by atoms with Crippen molar-refractivity contribution in [1.29, 1.82) is 5.26 Å². The maximum atomic E-state index is 11.2. The van der Waals surface area contributed by atoms with Crippen LogP contribution in [0.4, 0.5) is 0 Å². The van der Waals surface area contributed by atoms with E-state index < -0.39 is 0 Å². The van der Waals surface area contributed by atoms with Crippen LogP contribution in [0.5, 0.6) is 0 Å². The SMILES string of the molecule is CC(=O)CC1CCCCN1CCCCC#N. The number of Topliss-reactive ketones (excluding diaryl/α,β-unsaturated/α-hetero) is 1. The number of piperidine rings is 1. The van der Waals surface area contributed by atoms with Crippen molar-refractivity contribution in [2.75, 3.05) is 13.1 Å². The van der Waals surface area contributed by atoms with E-state index in [4.69, 9.17) is 5.26 Å². The second kappa shape index (κ2) is 7.40. The van der Waals surface area contributed by atoms with Gasteiger partial charge in [0.15, 0.2) is 0 Å². The van der Waals surface area contributed by atoms with Crippen LogP contribution in [0.25, 0.3) is 0 Å². The van der Waals surface area contributed by atoms with Crippen molar-refractivity contribution in [3.63, 3.8) is 0 Å². The highest BCUT2D eigenvalue weighted by atomic mass is 16.1. The van der Waals surface area contributed by atoms with Crippen LogP contribution >= 0.6 is 0 Å². The molecule has 0 spiro atoms. The molecule has 1 rings (SSSR count). The van der Waals surface area contributed by atoms with Gasteiger partial charge in [-0.05, 0) is 45.7 Å². The first kappa shape index (κ1) is 13.2. The molecule has 3 heteroatoms. The van der Waals surface area contributed by atoms with E-state index in [0.29, 0.717) is 24.7 Å². The van der Waals surface area contributed by atoms with Crippen LogP contribution in [0.15, 0.2) is 0 Å². The number of carbonyl (C=O) groups excluding carboxylic acids is 1. The second-order valence-corrected chi connectivity index (χ2v) is 4.71. The summed E-state index contributed by atoms with van der Waals surface area (Å²) in [5.74, 6) is 0.300. The number of nitriles is 1. The van der Waals surface area contributed by atoms with Crippen molar-refractivity contribution in [1.82, 2.24) is 4.90 Å². The van der Waals surface area contributed by atoms with Gasteiger partial charge in [-0.3, -0.25) is 9.69 Å². The molecule has 90 valence electrons. The summed E-state index contributed by atoms with van der Waals surface area (Å²) in [7, 11) is 0. The van der Waals surface area contributed by atoms with E-state index in [1.807, 2.05) is 0 Å². The molecule has 0 saturated carbocycles. The highest BCUT2D eigenvalue weighted by Crippen LogP contribution is 2.20. The van der Waals surface area contributed by atoms with Crippen LogP contribution in [0.2, 0.25) is 0 Å². The first-order valence-electron chi connectivity index (χ1n) is 6.34. The van der Waals surface area contributed by atoms with Gasteiger partial charge >= 0.3 is 0 Å². The van der Waals surface area contributed by atoms with Gasteiger partial charge in [0.05, 0.1) is 6.07 Å². The van der Waals surface area contributed by atoms with E-state index in [9.17, 15) is 4.79 Å². The summed E-state index contributed by atoms with van der Waals surface area (Å²) in [5.41, 5.74) is 0. The molecular formula is C13H22N2O. The van der Waals surface area contributed by atoms with E-state index in [1.54, 1.807) is 6.92 Å². The lowest BCUT2D eigenvalue weighted by molar-refractivity contribution is -0.118. The number of unbranched alkanes of at least 4 members (excludes halogenated alkanes) is 2. The maximum absolute atomic E-state index is 11.2. The summed E-state index contributed by atoms with van der Waals surface area (Å²) in [4.78, 5) is 13.6. The number of carbonyl (C=O) groups is 1. The number of hydrogen-bond acceptors (Lipinski definition) is 3. The monoisotopic (exact) mass is 222 g/mol. The van der Waals surface area contributed by atoms with Crippen LogP contribution in [0.1, 0.15) is 51.9 Å². The first-order valence-corrected chi connectivity index (χ1v) is 6.34. The lowest BCUT2D eigenvalue weighted by Gasteiger charge is -2.35. The van der Waals surface area contributed by atoms with Crippen LogP contribution in [0.3, 0.4) is 0 Å². The molecule has 1 atom stereocenters. The van der Waals surface area contributed by atoms with Gasteiger partial charge in [0, 0.05) is 18.9 Å². The largest absolute Gasteiger partial charge is 0.300 e. The number of nitrogens with zero attached hydrogens (tertiary/aromatic N) is 2. The predicted molar refractivity (Wildman–Crippen MR) is 64.0 cm³/mol.